The molecule has 0 saturated heterocycles. The first-order valence-corrected chi connectivity index (χ1v) is 5.17. The van der Waals surface area contributed by atoms with Crippen molar-refractivity contribution in [2.24, 2.45) is 22.9 Å². The Bertz CT molecular complexity index is 325. The molecule has 0 aliphatic heterocycles. The number of hydrogen-bond donors (Lipinski definition) is 6. The highest BCUT2D eigenvalue weighted by atomic mass is 15.5. The Kier molecular flexibility index (Phi) is 4.66. The summed E-state index contributed by atoms with van der Waals surface area (Å²) in [6, 6.07) is 7.83. The normalized spacial score (nSPS) is 11.5. The molecule has 90 valence electrons. The van der Waals surface area contributed by atoms with Gasteiger partial charge >= 0.3 is 0 Å². The summed E-state index contributed by atoms with van der Waals surface area (Å²) in [7, 11) is 0. The highest BCUT2D eigenvalue weighted by molar-refractivity contribution is 5.45. The number of nitrogens with one attached hydrogen (secondary N) is 2. The molecule has 0 atom stereocenters. The zero-order chi connectivity index (χ0) is 12.0. The second-order valence-corrected chi connectivity index (χ2v) is 3.73. The van der Waals surface area contributed by atoms with Gasteiger partial charge in [0.05, 0.1) is 0 Å². The van der Waals surface area contributed by atoms with E-state index in [9.17, 15) is 0 Å². The van der Waals surface area contributed by atoms with Gasteiger partial charge in [0.2, 0.25) is 0 Å². The Hall–Kier alpha value is -1.18. The number of rotatable bonds is 6. The van der Waals surface area contributed by atoms with Crippen LogP contribution in [0, 0.1) is 0 Å². The van der Waals surface area contributed by atoms with Crippen LogP contribution in [0.25, 0.3) is 0 Å². The third-order valence-electron chi connectivity index (χ3n) is 2.14. The summed E-state index contributed by atoms with van der Waals surface area (Å²) in [5, 5.41) is 0. The van der Waals surface area contributed by atoms with E-state index >= 15 is 0 Å². The number of hydrazine groups is 1. The van der Waals surface area contributed by atoms with Crippen LogP contribution < -0.4 is 33.8 Å². The van der Waals surface area contributed by atoms with Crippen molar-refractivity contribution < 1.29 is 0 Å². The Morgan fingerprint density at radius 1 is 1.19 bits per heavy atom. The summed E-state index contributed by atoms with van der Waals surface area (Å²) >= 11 is 0. The largest absolute Gasteiger partial charge is 0.330 e. The smallest absolute Gasteiger partial charge is 0.147 e. The highest BCUT2D eigenvalue weighted by Crippen LogP contribution is 2.09. The maximum absolute atomic E-state index is 5.62. The summed E-state index contributed by atoms with van der Waals surface area (Å²) in [6.07, 6.45) is 0.836. The summed E-state index contributed by atoms with van der Waals surface area (Å²) in [5.74, 6) is -1.12. The molecule has 1 rings (SSSR count). The average molecular weight is 224 g/mol. The van der Waals surface area contributed by atoms with E-state index in [4.69, 9.17) is 22.9 Å². The lowest BCUT2D eigenvalue weighted by Crippen LogP contribution is -2.67. The van der Waals surface area contributed by atoms with Crippen LogP contribution in [0.4, 0.5) is 5.69 Å². The van der Waals surface area contributed by atoms with E-state index in [-0.39, 0.29) is 6.54 Å². The fraction of sp³-hybridized carbons (Fsp3) is 0.400. The number of benzene rings is 1. The quantitative estimate of drug-likeness (QED) is 0.261. The van der Waals surface area contributed by atoms with Crippen LogP contribution in [0.3, 0.4) is 0 Å². The first kappa shape index (κ1) is 12.9. The number of nitrogens with two attached hydrogens (primary N) is 4. The summed E-state index contributed by atoms with van der Waals surface area (Å²) in [4.78, 5) is 0. The van der Waals surface area contributed by atoms with E-state index < -0.39 is 5.79 Å². The molecule has 1 aromatic carbocycles. The first-order chi connectivity index (χ1) is 7.57. The van der Waals surface area contributed by atoms with Crippen molar-refractivity contribution >= 4 is 5.69 Å². The second kappa shape index (κ2) is 5.78. The minimum atomic E-state index is -1.12. The van der Waals surface area contributed by atoms with Gasteiger partial charge in [0.15, 0.2) is 0 Å². The topological polar surface area (TPSA) is 128 Å². The molecular formula is C10H20N6. The predicted molar refractivity (Wildman–Crippen MR) is 66.1 cm³/mol. The molecule has 16 heavy (non-hydrogen) atoms. The van der Waals surface area contributed by atoms with E-state index in [0.29, 0.717) is 6.54 Å². The molecule has 0 amide bonds. The van der Waals surface area contributed by atoms with E-state index in [1.165, 1.54) is 0 Å². The van der Waals surface area contributed by atoms with Crippen molar-refractivity contribution in [2.45, 2.75) is 12.2 Å². The molecule has 10 N–H and O–H groups in total. The SMILES string of the molecule is NCCc1cccc(NNC(N)(N)CN)c1. The lowest BCUT2D eigenvalue weighted by molar-refractivity contribution is 0.385. The van der Waals surface area contributed by atoms with Gasteiger partial charge < -0.3 is 16.9 Å². The Labute approximate surface area is 95.3 Å². The minimum absolute atomic E-state index is 0.127. The Morgan fingerprint density at radius 3 is 2.56 bits per heavy atom. The molecule has 6 nitrogen and oxygen atoms in total. The van der Waals surface area contributed by atoms with Crippen LogP contribution in [0.2, 0.25) is 0 Å². The monoisotopic (exact) mass is 224 g/mol. The van der Waals surface area contributed by atoms with Gasteiger partial charge in [0.25, 0.3) is 0 Å². The van der Waals surface area contributed by atoms with Crippen LogP contribution in [-0.4, -0.2) is 18.9 Å². The lowest BCUT2D eigenvalue weighted by atomic mass is 10.1. The molecule has 0 radical (unpaired) electrons. The fourth-order valence-electron chi connectivity index (χ4n) is 1.21. The zero-order valence-corrected chi connectivity index (χ0v) is 9.24. The molecule has 1 aromatic rings. The molecule has 0 aliphatic rings. The van der Waals surface area contributed by atoms with Crippen molar-refractivity contribution in [3.05, 3.63) is 29.8 Å². The van der Waals surface area contributed by atoms with Gasteiger partial charge in [-0.15, -0.1) is 0 Å². The maximum atomic E-state index is 5.62. The predicted octanol–water partition coefficient (Wildman–Crippen LogP) is -1.37. The molecule has 0 heterocycles. The van der Waals surface area contributed by atoms with Crippen molar-refractivity contribution in [3.63, 3.8) is 0 Å². The van der Waals surface area contributed by atoms with Gasteiger partial charge in [-0.1, -0.05) is 12.1 Å². The summed E-state index contributed by atoms with van der Waals surface area (Å²) < 4.78 is 0. The molecule has 0 bridgehead atoms. The molecule has 0 unspecified atom stereocenters. The molecule has 6 heteroatoms. The third kappa shape index (κ3) is 4.13. The first-order valence-electron chi connectivity index (χ1n) is 5.17. The molecule has 0 fully saturated rings. The molecule has 0 saturated carbocycles. The van der Waals surface area contributed by atoms with Gasteiger partial charge in [-0.2, -0.15) is 0 Å². The maximum Gasteiger partial charge on any atom is 0.147 e. The van der Waals surface area contributed by atoms with E-state index in [0.717, 1.165) is 17.7 Å². The molecule has 0 aromatic heterocycles. The molecular weight excluding hydrogens is 204 g/mol. The van der Waals surface area contributed by atoms with Crippen molar-refractivity contribution in [3.8, 4) is 0 Å². The Morgan fingerprint density at radius 2 is 1.94 bits per heavy atom. The van der Waals surface area contributed by atoms with Crippen molar-refractivity contribution in [1.82, 2.24) is 5.43 Å². The zero-order valence-electron chi connectivity index (χ0n) is 9.24. The van der Waals surface area contributed by atoms with E-state index in [1.54, 1.807) is 0 Å². The number of anilines is 1. The van der Waals surface area contributed by atoms with Crippen LogP contribution >= 0.6 is 0 Å². The van der Waals surface area contributed by atoms with Crippen LogP contribution in [0.1, 0.15) is 5.56 Å². The van der Waals surface area contributed by atoms with Crippen molar-refractivity contribution in [2.75, 3.05) is 18.5 Å². The number of hydrogen-bond acceptors (Lipinski definition) is 6. The molecule has 0 aliphatic carbocycles. The Balaban J connectivity index is 2.57. The van der Waals surface area contributed by atoms with E-state index in [2.05, 4.69) is 10.9 Å². The van der Waals surface area contributed by atoms with Crippen LogP contribution in [-0.2, 0) is 6.42 Å². The highest BCUT2D eigenvalue weighted by Gasteiger charge is 2.14. The third-order valence-corrected chi connectivity index (χ3v) is 2.14. The minimum Gasteiger partial charge on any atom is -0.330 e. The second-order valence-electron chi connectivity index (χ2n) is 3.73. The average Bonchev–Trinajstić information content (AvgIpc) is 2.28. The summed E-state index contributed by atoms with van der Waals surface area (Å²) in [5.41, 5.74) is 29.8. The van der Waals surface area contributed by atoms with Crippen molar-refractivity contribution in [1.29, 1.82) is 0 Å². The summed E-state index contributed by atoms with van der Waals surface area (Å²) in [6.45, 7) is 0.750. The van der Waals surface area contributed by atoms with Gasteiger partial charge in [0.1, 0.15) is 5.79 Å². The van der Waals surface area contributed by atoms with E-state index in [1.807, 2.05) is 24.3 Å². The van der Waals surface area contributed by atoms with Crippen LogP contribution in [0.5, 0.6) is 0 Å². The lowest BCUT2D eigenvalue weighted by Gasteiger charge is -2.25. The van der Waals surface area contributed by atoms with Crippen LogP contribution in [0.15, 0.2) is 24.3 Å². The van der Waals surface area contributed by atoms with Gasteiger partial charge in [0, 0.05) is 12.2 Å². The molecule has 0 spiro atoms. The standard InChI is InChI=1S/C10H20N6/c11-5-4-8-2-1-3-9(6-8)15-16-10(13,14)7-12/h1-3,6,15-16H,4-5,7,11-14H2. The fourth-order valence-corrected chi connectivity index (χ4v) is 1.21. The van der Waals surface area contributed by atoms with Gasteiger partial charge in [-0.25, -0.2) is 5.43 Å². The van der Waals surface area contributed by atoms with Gasteiger partial charge in [-0.3, -0.25) is 11.5 Å². The van der Waals surface area contributed by atoms with Gasteiger partial charge in [-0.05, 0) is 30.7 Å².